The van der Waals surface area contributed by atoms with E-state index in [1.54, 1.807) is 0 Å². The molecule has 2 aromatic rings. The van der Waals surface area contributed by atoms with Crippen molar-refractivity contribution in [1.29, 1.82) is 5.26 Å². The number of benzene rings is 2. The van der Waals surface area contributed by atoms with Crippen molar-refractivity contribution in [3.05, 3.63) is 65.4 Å². The molecule has 1 aliphatic rings. The molecule has 32 heavy (non-hydrogen) atoms. The van der Waals surface area contributed by atoms with Gasteiger partial charge in [0.05, 0.1) is 18.2 Å². The highest BCUT2D eigenvalue weighted by Crippen LogP contribution is 2.37. The van der Waals surface area contributed by atoms with E-state index in [0.29, 0.717) is 18.6 Å². The fraction of sp³-hybridized carbons (Fsp3) is 0.346. The molecule has 3 rings (SSSR count). The van der Waals surface area contributed by atoms with E-state index in [1.165, 1.54) is 12.6 Å². The zero-order valence-electron chi connectivity index (χ0n) is 19.1. The van der Waals surface area contributed by atoms with Gasteiger partial charge in [0.25, 0.3) is 0 Å². The van der Waals surface area contributed by atoms with Crippen molar-refractivity contribution in [3.63, 3.8) is 0 Å². The van der Waals surface area contributed by atoms with Crippen molar-refractivity contribution in [1.82, 2.24) is 5.32 Å². The smallest absolute Gasteiger partial charge is 0.302 e. The Morgan fingerprint density at radius 1 is 1.22 bits per heavy atom. The Hall–Kier alpha value is -3.17. The third-order valence-electron chi connectivity index (χ3n) is 5.78. The molecule has 1 heterocycles. The van der Waals surface area contributed by atoms with Gasteiger partial charge in [0.15, 0.2) is 0 Å². The number of allylic oxidation sites excluding steroid dienone is 1. The molecule has 2 aromatic carbocycles. The maximum absolute atomic E-state index is 11.3. The summed E-state index contributed by atoms with van der Waals surface area (Å²) >= 11 is 5.65. The number of carbonyl (C=O) groups excluding carboxylic acids is 1. The summed E-state index contributed by atoms with van der Waals surface area (Å²) in [6.45, 7) is 8.01. The van der Waals surface area contributed by atoms with E-state index in [4.69, 9.17) is 17.0 Å². The van der Waals surface area contributed by atoms with Crippen LogP contribution in [0.4, 0.5) is 5.69 Å². The molecular formula is C26H29N3O2S. The molecule has 0 radical (unpaired) electrons. The van der Waals surface area contributed by atoms with Crippen LogP contribution in [-0.2, 0) is 9.53 Å². The molecule has 0 aliphatic carbocycles. The molecule has 0 fully saturated rings. The first-order valence-corrected chi connectivity index (χ1v) is 11.3. The van der Waals surface area contributed by atoms with Crippen molar-refractivity contribution in [2.24, 2.45) is 0 Å². The number of nitrogens with zero attached hydrogens (tertiary/aromatic N) is 2. The van der Waals surface area contributed by atoms with Gasteiger partial charge in [0.1, 0.15) is 10.7 Å². The summed E-state index contributed by atoms with van der Waals surface area (Å²) in [4.78, 5) is 14.3. The Labute approximate surface area is 195 Å². The zero-order chi connectivity index (χ0) is 23.3. The summed E-state index contributed by atoms with van der Waals surface area (Å²) < 4.78 is 5.26. The average molecular weight is 448 g/mol. The Morgan fingerprint density at radius 2 is 1.91 bits per heavy atom. The number of nitrogens with one attached hydrogen (secondary N) is 1. The van der Waals surface area contributed by atoms with Gasteiger partial charge in [-0.15, -0.1) is 0 Å². The number of carbonyl (C=O) groups is 1. The molecule has 5 nitrogen and oxygen atoms in total. The fourth-order valence-electron chi connectivity index (χ4n) is 4.16. The van der Waals surface area contributed by atoms with Crippen molar-refractivity contribution in [2.45, 2.75) is 52.6 Å². The standard InChI is InChI=1S/C26H29N3O2S/c1-5-8-24-18(2)25(32)28-26(4,15-16-31-19(3)30)29(24)22-13-11-20(12-14-22)23-10-7-6-9-21(23)17-27/h6-7,9-14H,5,8,15-16H2,1-4H3,(H,28,32). The van der Waals surface area contributed by atoms with Crippen LogP contribution in [0.5, 0.6) is 0 Å². The predicted molar refractivity (Wildman–Crippen MR) is 132 cm³/mol. The number of anilines is 1. The summed E-state index contributed by atoms with van der Waals surface area (Å²) in [6, 6.07) is 18.1. The number of ether oxygens (including phenoxy) is 1. The van der Waals surface area contributed by atoms with E-state index in [1.807, 2.05) is 36.4 Å². The quantitative estimate of drug-likeness (QED) is 0.433. The molecule has 0 bridgehead atoms. The lowest BCUT2D eigenvalue weighted by Gasteiger charge is -2.49. The lowest BCUT2D eigenvalue weighted by molar-refractivity contribution is -0.141. The Bertz CT molecular complexity index is 1080. The molecule has 1 unspecified atom stereocenters. The van der Waals surface area contributed by atoms with E-state index >= 15 is 0 Å². The third kappa shape index (κ3) is 4.84. The summed E-state index contributed by atoms with van der Waals surface area (Å²) in [5.74, 6) is -0.292. The number of esters is 1. The van der Waals surface area contributed by atoms with Gasteiger partial charge in [-0.1, -0.05) is 55.9 Å². The summed E-state index contributed by atoms with van der Waals surface area (Å²) in [5, 5.41) is 12.9. The lowest BCUT2D eigenvalue weighted by atomic mass is 9.95. The van der Waals surface area contributed by atoms with Gasteiger partial charge in [-0.05, 0) is 49.6 Å². The van der Waals surface area contributed by atoms with Gasteiger partial charge in [-0.2, -0.15) is 5.26 Å². The van der Waals surface area contributed by atoms with Crippen LogP contribution in [-0.4, -0.2) is 23.2 Å². The zero-order valence-corrected chi connectivity index (χ0v) is 19.9. The fourth-order valence-corrected chi connectivity index (χ4v) is 4.50. The van der Waals surface area contributed by atoms with Crippen LogP contribution in [0, 0.1) is 11.3 Å². The first-order chi connectivity index (χ1) is 15.3. The minimum Gasteiger partial charge on any atom is -0.466 e. The lowest BCUT2D eigenvalue weighted by Crippen LogP contribution is -2.62. The SMILES string of the molecule is CCCC1=C(C)C(=S)NC(C)(CCOC(C)=O)N1c1ccc(-c2ccccc2C#N)cc1. The number of nitriles is 1. The Balaban J connectivity index is 2.03. The second kappa shape index (κ2) is 9.97. The molecule has 0 amide bonds. The maximum Gasteiger partial charge on any atom is 0.302 e. The van der Waals surface area contributed by atoms with Crippen LogP contribution >= 0.6 is 12.2 Å². The van der Waals surface area contributed by atoms with Gasteiger partial charge in [0, 0.05) is 30.3 Å². The first kappa shape index (κ1) is 23.5. The largest absolute Gasteiger partial charge is 0.466 e. The van der Waals surface area contributed by atoms with Gasteiger partial charge in [-0.25, -0.2) is 0 Å². The summed E-state index contributed by atoms with van der Waals surface area (Å²) in [6.07, 6.45) is 2.45. The molecular weight excluding hydrogens is 418 g/mol. The highest BCUT2D eigenvalue weighted by Gasteiger charge is 2.39. The average Bonchev–Trinajstić information content (AvgIpc) is 2.77. The normalized spacial score (nSPS) is 18.2. The molecule has 1 atom stereocenters. The van der Waals surface area contributed by atoms with Crippen LogP contribution < -0.4 is 10.2 Å². The minimum absolute atomic E-state index is 0.292. The molecule has 0 spiro atoms. The number of rotatable bonds is 7. The number of hydrogen-bond acceptors (Lipinski definition) is 5. The highest BCUT2D eigenvalue weighted by molar-refractivity contribution is 7.80. The van der Waals surface area contributed by atoms with Gasteiger partial charge >= 0.3 is 5.97 Å². The monoisotopic (exact) mass is 447 g/mol. The predicted octanol–water partition coefficient (Wildman–Crippen LogP) is 5.71. The highest BCUT2D eigenvalue weighted by atomic mass is 32.1. The molecule has 166 valence electrons. The van der Waals surface area contributed by atoms with E-state index in [-0.39, 0.29) is 5.97 Å². The Kier molecular flexibility index (Phi) is 7.32. The second-order valence-corrected chi connectivity index (χ2v) is 8.59. The van der Waals surface area contributed by atoms with Crippen molar-refractivity contribution < 1.29 is 9.53 Å². The number of hydrogen-bond donors (Lipinski definition) is 1. The van der Waals surface area contributed by atoms with Crippen LogP contribution in [0.15, 0.2) is 59.8 Å². The van der Waals surface area contributed by atoms with Crippen molar-refractivity contribution >= 4 is 28.9 Å². The Morgan fingerprint density at radius 3 is 2.53 bits per heavy atom. The van der Waals surface area contributed by atoms with Crippen molar-refractivity contribution in [2.75, 3.05) is 11.5 Å². The van der Waals surface area contributed by atoms with Gasteiger partial charge in [-0.3, -0.25) is 4.79 Å². The molecule has 0 aromatic heterocycles. The van der Waals surface area contributed by atoms with E-state index < -0.39 is 5.66 Å². The van der Waals surface area contributed by atoms with Crippen LogP contribution in [0.2, 0.25) is 0 Å². The molecule has 6 heteroatoms. The van der Waals surface area contributed by atoms with Crippen LogP contribution in [0.1, 0.15) is 52.5 Å². The molecule has 0 saturated carbocycles. The van der Waals surface area contributed by atoms with E-state index in [9.17, 15) is 10.1 Å². The van der Waals surface area contributed by atoms with Crippen LogP contribution in [0.3, 0.4) is 0 Å². The van der Waals surface area contributed by atoms with E-state index in [2.05, 4.69) is 49.2 Å². The second-order valence-electron chi connectivity index (χ2n) is 8.18. The molecule has 0 saturated heterocycles. The van der Waals surface area contributed by atoms with Gasteiger partial charge < -0.3 is 15.0 Å². The minimum atomic E-state index is -0.539. The van der Waals surface area contributed by atoms with Gasteiger partial charge in [0.2, 0.25) is 0 Å². The summed E-state index contributed by atoms with van der Waals surface area (Å²) in [7, 11) is 0. The van der Waals surface area contributed by atoms with E-state index in [0.717, 1.165) is 40.2 Å². The first-order valence-electron chi connectivity index (χ1n) is 10.9. The number of thiocarbonyl (C=S) groups is 1. The molecule has 1 N–H and O–H groups in total. The molecule has 1 aliphatic heterocycles. The maximum atomic E-state index is 11.3. The summed E-state index contributed by atoms with van der Waals surface area (Å²) in [5.41, 5.74) is 5.27. The van der Waals surface area contributed by atoms with Crippen LogP contribution in [0.25, 0.3) is 11.1 Å². The third-order valence-corrected chi connectivity index (χ3v) is 6.19. The van der Waals surface area contributed by atoms with Crippen molar-refractivity contribution in [3.8, 4) is 17.2 Å². The topological polar surface area (TPSA) is 65.4 Å².